The largest absolute Gasteiger partial charge is 0.446 e. The molecule has 0 saturated heterocycles. The zero-order valence-corrected chi connectivity index (χ0v) is 13.4. The molecule has 0 fully saturated rings. The average Bonchev–Trinajstić information content (AvgIpc) is 3.03. The van der Waals surface area contributed by atoms with E-state index in [0.29, 0.717) is 11.6 Å². The fourth-order valence-corrected chi connectivity index (χ4v) is 2.39. The number of oxazole rings is 1. The summed E-state index contributed by atoms with van der Waals surface area (Å²) >= 11 is 1.53. The van der Waals surface area contributed by atoms with E-state index in [1.165, 1.54) is 11.3 Å². The van der Waals surface area contributed by atoms with E-state index in [-0.39, 0.29) is 6.54 Å². The van der Waals surface area contributed by atoms with Crippen molar-refractivity contribution in [3.05, 3.63) is 23.2 Å². The Bertz CT molecular complexity index is 613. The Kier molecular flexibility index (Phi) is 4.62. The summed E-state index contributed by atoms with van der Waals surface area (Å²) in [6.45, 7) is 7.66. The van der Waals surface area contributed by atoms with Crippen LogP contribution in [0.3, 0.4) is 0 Å². The Morgan fingerprint density at radius 2 is 2.19 bits per heavy atom. The van der Waals surface area contributed by atoms with Crippen LogP contribution in [0.1, 0.15) is 39.3 Å². The van der Waals surface area contributed by atoms with Gasteiger partial charge in [0.1, 0.15) is 22.6 Å². The Morgan fingerprint density at radius 1 is 1.43 bits per heavy atom. The van der Waals surface area contributed by atoms with E-state index in [0.717, 1.165) is 17.1 Å². The number of carbonyl (C=O) groups is 1. The number of amides is 1. The van der Waals surface area contributed by atoms with Gasteiger partial charge in [-0.2, -0.15) is 0 Å². The van der Waals surface area contributed by atoms with Gasteiger partial charge < -0.3 is 14.5 Å². The molecular formula is C14H19N3O3S. The first kappa shape index (κ1) is 15.5. The van der Waals surface area contributed by atoms with Crippen molar-refractivity contribution in [3.8, 4) is 10.7 Å². The van der Waals surface area contributed by atoms with E-state index >= 15 is 0 Å². The van der Waals surface area contributed by atoms with Gasteiger partial charge in [0.25, 0.3) is 0 Å². The van der Waals surface area contributed by atoms with E-state index in [1.54, 1.807) is 6.26 Å². The van der Waals surface area contributed by atoms with E-state index in [1.807, 2.05) is 26.2 Å². The number of ether oxygens (including phenoxy) is 1. The van der Waals surface area contributed by atoms with Gasteiger partial charge >= 0.3 is 6.09 Å². The summed E-state index contributed by atoms with van der Waals surface area (Å²) in [6.07, 6.45) is 1.94. The third-order valence-electron chi connectivity index (χ3n) is 2.47. The molecule has 21 heavy (non-hydrogen) atoms. The lowest BCUT2D eigenvalue weighted by Crippen LogP contribution is -2.32. The Balaban J connectivity index is 1.93. The second-order valence-corrected chi connectivity index (χ2v) is 6.34. The van der Waals surface area contributed by atoms with Crippen LogP contribution < -0.4 is 5.32 Å². The van der Waals surface area contributed by atoms with Gasteiger partial charge in [0.05, 0.1) is 12.2 Å². The topological polar surface area (TPSA) is 77.2 Å². The third-order valence-corrected chi connectivity index (χ3v) is 3.38. The summed E-state index contributed by atoms with van der Waals surface area (Å²) < 4.78 is 10.5. The zero-order chi connectivity index (χ0) is 15.5. The van der Waals surface area contributed by atoms with Crippen molar-refractivity contribution in [1.82, 2.24) is 15.3 Å². The summed E-state index contributed by atoms with van der Waals surface area (Å²) in [5.41, 5.74) is 1.19. The number of nitrogens with one attached hydrogen (secondary N) is 1. The first-order valence-electron chi connectivity index (χ1n) is 6.73. The van der Waals surface area contributed by atoms with Crippen molar-refractivity contribution < 1.29 is 13.9 Å². The highest BCUT2D eigenvalue weighted by Gasteiger charge is 2.17. The molecule has 114 valence electrons. The van der Waals surface area contributed by atoms with Crippen LogP contribution in [0.2, 0.25) is 0 Å². The van der Waals surface area contributed by atoms with E-state index in [9.17, 15) is 4.79 Å². The predicted octanol–water partition coefficient (Wildman–Crippen LogP) is 3.39. The summed E-state index contributed by atoms with van der Waals surface area (Å²) in [4.78, 5) is 20.3. The number of alkyl carbamates (subject to hydrolysis) is 1. The highest BCUT2D eigenvalue weighted by molar-refractivity contribution is 7.13. The molecule has 7 heteroatoms. The SMILES string of the molecule is CCc1csc(-c2coc(CNC(=O)OC(C)(C)C)n2)n1. The molecule has 2 aromatic heterocycles. The number of carbonyl (C=O) groups excluding carboxylic acids is 1. The molecule has 6 nitrogen and oxygen atoms in total. The molecule has 0 aromatic carbocycles. The quantitative estimate of drug-likeness (QED) is 0.936. The van der Waals surface area contributed by atoms with Gasteiger partial charge in [-0.25, -0.2) is 14.8 Å². The molecular weight excluding hydrogens is 290 g/mol. The fourth-order valence-electron chi connectivity index (χ4n) is 1.54. The Labute approximate surface area is 127 Å². The fraction of sp³-hybridized carbons (Fsp3) is 0.500. The second kappa shape index (κ2) is 6.26. The summed E-state index contributed by atoms with van der Waals surface area (Å²) in [5, 5.41) is 5.42. The minimum Gasteiger partial charge on any atom is -0.446 e. The number of nitrogens with zero attached hydrogens (tertiary/aromatic N) is 2. The van der Waals surface area contributed by atoms with E-state index < -0.39 is 11.7 Å². The average molecular weight is 309 g/mol. The molecule has 0 unspecified atom stereocenters. The number of hydrogen-bond acceptors (Lipinski definition) is 6. The Morgan fingerprint density at radius 3 is 2.81 bits per heavy atom. The Hall–Kier alpha value is -1.89. The maximum atomic E-state index is 11.5. The smallest absolute Gasteiger partial charge is 0.408 e. The van der Waals surface area contributed by atoms with Crippen LogP contribution in [-0.4, -0.2) is 21.7 Å². The lowest BCUT2D eigenvalue weighted by atomic mass is 10.2. The predicted molar refractivity (Wildman–Crippen MR) is 80.1 cm³/mol. The first-order valence-corrected chi connectivity index (χ1v) is 7.61. The summed E-state index contributed by atoms with van der Waals surface area (Å²) in [7, 11) is 0. The van der Waals surface area contributed by atoms with Crippen LogP contribution in [0, 0.1) is 0 Å². The van der Waals surface area contributed by atoms with Crippen LogP contribution in [0.15, 0.2) is 16.1 Å². The van der Waals surface area contributed by atoms with Crippen molar-refractivity contribution in [2.45, 2.75) is 46.3 Å². The van der Waals surface area contributed by atoms with Crippen LogP contribution in [0.5, 0.6) is 0 Å². The third kappa shape index (κ3) is 4.56. The van der Waals surface area contributed by atoms with Crippen LogP contribution in [-0.2, 0) is 17.7 Å². The number of aromatic nitrogens is 2. The molecule has 0 aliphatic heterocycles. The molecule has 0 aliphatic rings. The molecule has 0 bridgehead atoms. The molecule has 1 amide bonds. The molecule has 0 saturated carbocycles. The minimum atomic E-state index is -0.525. The molecule has 2 heterocycles. The molecule has 0 atom stereocenters. The van der Waals surface area contributed by atoms with Gasteiger partial charge in [-0.05, 0) is 27.2 Å². The molecule has 0 aliphatic carbocycles. The van der Waals surface area contributed by atoms with Crippen molar-refractivity contribution in [2.24, 2.45) is 0 Å². The number of thiazole rings is 1. The number of hydrogen-bond donors (Lipinski definition) is 1. The highest BCUT2D eigenvalue weighted by atomic mass is 32.1. The van der Waals surface area contributed by atoms with Gasteiger partial charge in [0.15, 0.2) is 0 Å². The van der Waals surface area contributed by atoms with Gasteiger partial charge in [-0.3, -0.25) is 0 Å². The molecule has 2 rings (SSSR count). The summed E-state index contributed by atoms with van der Waals surface area (Å²) in [6, 6.07) is 0. The summed E-state index contributed by atoms with van der Waals surface area (Å²) in [5.74, 6) is 0.420. The van der Waals surface area contributed by atoms with Crippen molar-refractivity contribution >= 4 is 17.4 Å². The lowest BCUT2D eigenvalue weighted by molar-refractivity contribution is 0.0519. The monoisotopic (exact) mass is 309 g/mol. The lowest BCUT2D eigenvalue weighted by Gasteiger charge is -2.19. The van der Waals surface area contributed by atoms with Gasteiger partial charge in [0, 0.05) is 5.38 Å². The van der Waals surface area contributed by atoms with Crippen LogP contribution >= 0.6 is 11.3 Å². The maximum Gasteiger partial charge on any atom is 0.408 e. The highest BCUT2D eigenvalue weighted by Crippen LogP contribution is 2.23. The van der Waals surface area contributed by atoms with Crippen molar-refractivity contribution in [2.75, 3.05) is 0 Å². The van der Waals surface area contributed by atoms with E-state index in [4.69, 9.17) is 9.15 Å². The van der Waals surface area contributed by atoms with Gasteiger partial charge in [0.2, 0.25) is 5.89 Å². The van der Waals surface area contributed by atoms with E-state index in [2.05, 4.69) is 22.2 Å². The zero-order valence-electron chi connectivity index (χ0n) is 12.6. The molecule has 1 N–H and O–H groups in total. The first-order chi connectivity index (χ1) is 9.87. The minimum absolute atomic E-state index is 0.181. The van der Waals surface area contributed by atoms with Gasteiger partial charge in [-0.15, -0.1) is 11.3 Å². The standard InChI is InChI=1S/C14H19N3O3S/c1-5-9-8-21-12(16-9)10-7-19-11(17-10)6-15-13(18)20-14(2,3)4/h7-8H,5-6H2,1-4H3,(H,15,18). The normalized spacial score (nSPS) is 11.4. The van der Waals surface area contributed by atoms with Crippen molar-refractivity contribution in [3.63, 3.8) is 0 Å². The van der Waals surface area contributed by atoms with Crippen LogP contribution in [0.25, 0.3) is 10.7 Å². The second-order valence-electron chi connectivity index (χ2n) is 5.48. The number of rotatable bonds is 4. The molecule has 0 spiro atoms. The molecule has 2 aromatic rings. The van der Waals surface area contributed by atoms with Crippen LogP contribution in [0.4, 0.5) is 4.79 Å². The van der Waals surface area contributed by atoms with Crippen molar-refractivity contribution in [1.29, 1.82) is 0 Å². The molecule has 0 radical (unpaired) electrons. The van der Waals surface area contributed by atoms with Gasteiger partial charge in [-0.1, -0.05) is 6.92 Å². The number of aryl methyl sites for hydroxylation is 1. The maximum absolute atomic E-state index is 11.5.